The van der Waals surface area contributed by atoms with Gasteiger partial charge in [-0.25, -0.2) is 0 Å². The first kappa shape index (κ1) is 11.8. The molecule has 0 aliphatic rings. The zero-order valence-corrected chi connectivity index (χ0v) is 10.6. The van der Waals surface area contributed by atoms with Gasteiger partial charge in [-0.1, -0.05) is 28.1 Å². The van der Waals surface area contributed by atoms with Crippen LogP contribution in [-0.4, -0.2) is 16.6 Å². The van der Waals surface area contributed by atoms with Gasteiger partial charge in [-0.2, -0.15) is 0 Å². The van der Waals surface area contributed by atoms with Crippen LogP contribution >= 0.6 is 15.9 Å². The molecule has 0 saturated heterocycles. The average molecular weight is 292 g/mol. The molecule has 0 bridgehead atoms. The Balaban J connectivity index is 2.17. The van der Waals surface area contributed by atoms with Crippen LogP contribution in [0.5, 0.6) is 0 Å². The van der Waals surface area contributed by atoms with E-state index in [0.29, 0.717) is 11.3 Å². The van der Waals surface area contributed by atoms with Gasteiger partial charge in [0, 0.05) is 16.2 Å². The van der Waals surface area contributed by atoms with Gasteiger partial charge in [0.1, 0.15) is 0 Å². The predicted octanol–water partition coefficient (Wildman–Crippen LogP) is 2.95. The van der Waals surface area contributed by atoms with E-state index in [9.17, 15) is 9.59 Å². The van der Waals surface area contributed by atoms with Crippen LogP contribution in [0.25, 0.3) is 0 Å². The zero-order valence-electron chi connectivity index (χ0n) is 8.97. The van der Waals surface area contributed by atoms with Crippen molar-refractivity contribution in [3.05, 3.63) is 58.3 Å². The Morgan fingerprint density at radius 2 is 1.94 bits per heavy atom. The van der Waals surface area contributed by atoms with Crippen molar-refractivity contribution in [2.24, 2.45) is 0 Å². The fraction of sp³-hybridized carbons (Fsp3) is 0.0769. The molecule has 3 nitrogen and oxygen atoms in total. The summed E-state index contributed by atoms with van der Waals surface area (Å²) in [5.41, 5.74) is 1.15. The van der Waals surface area contributed by atoms with E-state index in [1.165, 1.54) is 0 Å². The van der Waals surface area contributed by atoms with Gasteiger partial charge in [0.2, 0.25) is 0 Å². The van der Waals surface area contributed by atoms with Crippen LogP contribution in [0.1, 0.15) is 20.8 Å². The van der Waals surface area contributed by atoms with E-state index in [-0.39, 0.29) is 12.3 Å². The lowest BCUT2D eigenvalue weighted by atomic mass is 10.1. The molecule has 86 valence electrons. The highest BCUT2D eigenvalue weighted by molar-refractivity contribution is 9.10. The number of nitrogens with zero attached hydrogens (tertiary/aromatic N) is 1. The van der Waals surface area contributed by atoms with Crippen molar-refractivity contribution in [3.63, 3.8) is 0 Å². The third-order valence-corrected chi connectivity index (χ3v) is 2.99. The Morgan fingerprint density at radius 3 is 2.59 bits per heavy atom. The van der Waals surface area contributed by atoms with Crippen LogP contribution in [0.4, 0.5) is 0 Å². The smallest absolute Gasteiger partial charge is 0.182 e. The van der Waals surface area contributed by atoms with Crippen LogP contribution < -0.4 is 0 Å². The Bertz CT molecular complexity index is 543. The first-order valence-corrected chi connectivity index (χ1v) is 5.89. The quantitative estimate of drug-likeness (QED) is 0.642. The standard InChI is InChI=1S/C13H10BrNO2/c14-11-5-3-10(4-6-11)13(17)8-15-7-1-2-12(15)9-16/h1-7,9H,8H2. The highest BCUT2D eigenvalue weighted by Crippen LogP contribution is 2.12. The average Bonchev–Trinajstić information content (AvgIpc) is 2.77. The highest BCUT2D eigenvalue weighted by Gasteiger charge is 2.08. The van der Waals surface area contributed by atoms with Crippen LogP contribution in [0.3, 0.4) is 0 Å². The molecular formula is C13H10BrNO2. The monoisotopic (exact) mass is 291 g/mol. The number of aldehydes is 1. The lowest BCUT2D eigenvalue weighted by Crippen LogP contribution is -2.11. The molecule has 0 saturated carbocycles. The summed E-state index contributed by atoms with van der Waals surface area (Å²) in [6, 6.07) is 10.6. The fourth-order valence-corrected chi connectivity index (χ4v) is 1.82. The molecule has 0 atom stereocenters. The number of aromatic nitrogens is 1. The SMILES string of the molecule is O=Cc1cccn1CC(=O)c1ccc(Br)cc1. The van der Waals surface area contributed by atoms with Gasteiger partial charge < -0.3 is 4.57 Å². The minimum absolute atomic E-state index is 0.0169. The Morgan fingerprint density at radius 1 is 1.24 bits per heavy atom. The van der Waals surface area contributed by atoms with Crippen molar-refractivity contribution >= 4 is 28.0 Å². The molecule has 4 heteroatoms. The van der Waals surface area contributed by atoms with Crippen molar-refractivity contribution < 1.29 is 9.59 Å². The first-order valence-electron chi connectivity index (χ1n) is 5.10. The van der Waals surface area contributed by atoms with Crippen LogP contribution in [0, 0.1) is 0 Å². The summed E-state index contributed by atoms with van der Waals surface area (Å²) in [4.78, 5) is 22.7. The van der Waals surface area contributed by atoms with Gasteiger partial charge in [0.15, 0.2) is 12.1 Å². The molecule has 17 heavy (non-hydrogen) atoms. The van der Waals surface area contributed by atoms with E-state index in [1.54, 1.807) is 35.0 Å². The summed E-state index contributed by atoms with van der Waals surface area (Å²) in [5, 5.41) is 0. The first-order chi connectivity index (χ1) is 8.20. The van der Waals surface area contributed by atoms with E-state index in [1.807, 2.05) is 12.1 Å². The number of benzene rings is 1. The molecule has 0 radical (unpaired) electrons. The van der Waals surface area contributed by atoms with E-state index in [2.05, 4.69) is 15.9 Å². The normalized spacial score (nSPS) is 10.2. The largest absolute Gasteiger partial charge is 0.338 e. The minimum Gasteiger partial charge on any atom is -0.338 e. The number of halogens is 1. The molecule has 0 aliphatic carbocycles. The van der Waals surface area contributed by atoms with Crippen molar-refractivity contribution in [1.29, 1.82) is 0 Å². The molecule has 1 aromatic carbocycles. The topological polar surface area (TPSA) is 39.1 Å². The number of rotatable bonds is 4. The fourth-order valence-electron chi connectivity index (χ4n) is 1.56. The van der Waals surface area contributed by atoms with Gasteiger partial charge in [-0.15, -0.1) is 0 Å². The molecule has 2 aromatic rings. The van der Waals surface area contributed by atoms with E-state index >= 15 is 0 Å². The predicted molar refractivity (Wildman–Crippen MR) is 68.3 cm³/mol. The molecule has 0 amide bonds. The number of ketones is 1. The third-order valence-electron chi connectivity index (χ3n) is 2.47. The van der Waals surface area contributed by atoms with Gasteiger partial charge in [0.25, 0.3) is 0 Å². The Hall–Kier alpha value is -1.68. The number of Topliss-reactive ketones (excluding diaryl/α,β-unsaturated/α-hetero) is 1. The van der Waals surface area contributed by atoms with Gasteiger partial charge in [-0.05, 0) is 24.3 Å². The summed E-state index contributed by atoms with van der Waals surface area (Å²) in [6.07, 6.45) is 2.47. The van der Waals surface area contributed by atoms with Gasteiger partial charge in [0.05, 0.1) is 12.2 Å². The molecule has 0 unspecified atom stereocenters. The molecule has 1 aromatic heterocycles. The third kappa shape index (κ3) is 2.71. The summed E-state index contributed by atoms with van der Waals surface area (Å²) in [7, 11) is 0. The summed E-state index contributed by atoms with van der Waals surface area (Å²) >= 11 is 3.32. The van der Waals surface area contributed by atoms with Gasteiger partial charge >= 0.3 is 0 Å². The molecule has 0 fully saturated rings. The maximum Gasteiger partial charge on any atom is 0.182 e. The van der Waals surface area contributed by atoms with Crippen molar-refractivity contribution in [3.8, 4) is 0 Å². The Labute approximate surface area is 107 Å². The number of carbonyl (C=O) groups excluding carboxylic acids is 2. The summed E-state index contributed by atoms with van der Waals surface area (Å²) in [5.74, 6) is -0.0169. The lowest BCUT2D eigenvalue weighted by Gasteiger charge is -2.04. The summed E-state index contributed by atoms with van der Waals surface area (Å²) in [6.45, 7) is 0.183. The zero-order chi connectivity index (χ0) is 12.3. The molecule has 1 heterocycles. The van der Waals surface area contributed by atoms with Gasteiger partial charge in [-0.3, -0.25) is 9.59 Å². The Kier molecular flexibility index (Phi) is 3.54. The van der Waals surface area contributed by atoms with Crippen molar-refractivity contribution in [2.75, 3.05) is 0 Å². The number of carbonyl (C=O) groups is 2. The van der Waals surface area contributed by atoms with Crippen LogP contribution in [-0.2, 0) is 6.54 Å². The maximum atomic E-state index is 11.9. The molecule has 0 N–H and O–H groups in total. The second-order valence-corrected chi connectivity index (χ2v) is 4.52. The van der Waals surface area contributed by atoms with E-state index in [4.69, 9.17) is 0 Å². The molecular weight excluding hydrogens is 282 g/mol. The van der Waals surface area contributed by atoms with Crippen molar-refractivity contribution in [1.82, 2.24) is 4.57 Å². The highest BCUT2D eigenvalue weighted by atomic mass is 79.9. The number of hydrogen-bond acceptors (Lipinski definition) is 2. The molecule has 2 rings (SSSR count). The second kappa shape index (κ2) is 5.10. The maximum absolute atomic E-state index is 11.9. The van der Waals surface area contributed by atoms with Crippen LogP contribution in [0.2, 0.25) is 0 Å². The second-order valence-electron chi connectivity index (χ2n) is 3.61. The summed E-state index contributed by atoms with van der Waals surface area (Å²) < 4.78 is 2.57. The van der Waals surface area contributed by atoms with Crippen LogP contribution in [0.15, 0.2) is 47.1 Å². The molecule has 0 spiro atoms. The lowest BCUT2D eigenvalue weighted by molar-refractivity contribution is 0.0971. The van der Waals surface area contributed by atoms with E-state index < -0.39 is 0 Å². The van der Waals surface area contributed by atoms with E-state index in [0.717, 1.165) is 10.8 Å². The minimum atomic E-state index is -0.0169. The molecule has 0 aliphatic heterocycles. The van der Waals surface area contributed by atoms with Crippen molar-refractivity contribution in [2.45, 2.75) is 6.54 Å². The number of hydrogen-bond donors (Lipinski definition) is 0.